The Hall–Kier alpha value is -2.41. The normalized spacial score (nSPS) is 17.3. The van der Waals surface area contributed by atoms with Crippen molar-refractivity contribution in [3.05, 3.63) is 58.6 Å². The van der Waals surface area contributed by atoms with Gasteiger partial charge >= 0.3 is 6.18 Å². The predicted octanol–water partition coefficient (Wildman–Crippen LogP) is 5.33. The zero-order valence-corrected chi connectivity index (χ0v) is 15.7. The number of carbonyl (C=O) groups is 1. The van der Waals surface area contributed by atoms with Crippen LogP contribution in [0.15, 0.2) is 42.5 Å². The van der Waals surface area contributed by atoms with Crippen molar-refractivity contribution in [2.45, 2.75) is 37.3 Å². The zero-order valence-electron chi connectivity index (χ0n) is 14.9. The Balaban J connectivity index is 1.32. The Kier molecular flexibility index (Phi) is 3.81. The monoisotopic (exact) mass is 402 g/mol. The number of thiazole rings is 1. The van der Waals surface area contributed by atoms with Gasteiger partial charge < -0.3 is 4.90 Å². The maximum absolute atomic E-state index is 12.9. The number of anilines is 1. The molecule has 2 heterocycles. The van der Waals surface area contributed by atoms with Crippen molar-refractivity contribution >= 4 is 33.1 Å². The number of aromatic nitrogens is 1. The molecule has 1 aromatic heterocycles. The van der Waals surface area contributed by atoms with Crippen molar-refractivity contribution in [2.24, 2.45) is 0 Å². The van der Waals surface area contributed by atoms with Gasteiger partial charge in [-0.3, -0.25) is 4.79 Å². The minimum Gasteiger partial charge on any atom is -0.311 e. The lowest BCUT2D eigenvalue weighted by atomic mass is 9.99. The molecule has 0 bridgehead atoms. The molecule has 0 unspecified atom stereocenters. The van der Waals surface area contributed by atoms with Gasteiger partial charge in [-0.25, -0.2) is 4.98 Å². The molecule has 7 heteroatoms. The molecule has 1 fully saturated rings. The molecule has 28 heavy (non-hydrogen) atoms. The van der Waals surface area contributed by atoms with Crippen LogP contribution < -0.4 is 4.90 Å². The number of benzene rings is 2. The Morgan fingerprint density at radius 1 is 1.18 bits per heavy atom. The summed E-state index contributed by atoms with van der Waals surface area (Å²) in [4.78, 5) is 19.0. The summed E-state index contributed by atoms with van der Waals surface area (Å²) < 4.78 is 39.3. The number of hydrogen-bond donors (Lipinski definition) is 0. The fraction of sp³-hybridized carbons (Fsp3) is 0.333. The molecule has 0 saturated heterocycles. The first-order valence-electron chi connectivity index (χ1n) is 9.22. The van der Waals surface area contributed by atoms with E-state index in [1.54, 1.807) is 0 Å². The van der Waals surface area contributed by atoms with Crippen molar-refractivity contribution < 1.29 is 18.0 Å². The summed E-state index contributed by atoms with van der Waals surface area (Å²) in [5.41, 5.74) is 2.06. The molecule has 1 saturated carbocycles. The van der Waals surface area contributed by atoms with Gasteiger partial charge in [-0.05, 0) is 42.7 Å². The second-order valence-corrected chi connectivity index (χ2v) is 8.68. The number of fused-ring (bicyclic) bond motifs is 3. The van der Waals surface area contributed by atoms with E-state index in [1.807, 2.05) is 23.1 Å². The average Bonchev–Trinajstić information content (AvgIpc) is 3.20. The summed E-state index contributed by atoms with van der Waals surface area (Å²) in [6.45, 7) is 0.736. The van der Waals surface area contributed by atoms with Gasteiger partial charge in [0.05, 0.1) is 20.8 Å². The van der Waals surface area contributed by atoms with Crippen molar-refractivity contribution in [3.63, 3.8) is 0 Å². The Bertz CT molecular complexity index is 1080. The number of amides is 1. The minimum atomic E-state index is -4.38. The topological polar surface area (TPSA) is 33.2 Å². The first-order valence-corrected chi connectivity index (χ1v) is 10.0. The molecule has 0 N–H and O–H groups in total. The van der Waals surface area contributed by atoms with Crippen LogP contribution in [0.2, 0.25) is 0 Å². The van der Waals surface area contributed by atoms with Crippen LogP contribution in [0.4, 0.5) is 18.9 Å². The highest BCUT2D eigenvalue weighted by atomic mass is 32.1. The molecule has 5 rings (SSSR count). The summed E-state index contributed by atoms with van der Waals surface area (Å²) in [6, 6.07) is 11.7. The van der Waals surface area contributed by atoms with E-state index in [2.05, 4.69) is 11.1 Å². The molecule has 3 nitrogen and oxygen atoms in total. The van der Waals surface area contributed by atoms with E-state index in [-0.39, 0.29) is 11.3 Å². The number of rotatable bonds is 3. The van der Waals surface area contributed by atoms with Crippen LogP contribution in [0, 0.1) is 0 Å². The number of para-hydroxylation sites is 1. The summed E-state index contributed by atoms with van der Waals surface area (Å²) in [6.07, 6.45) is -1.40. The van der Waals surface area contributed by atoms with E-state index in [9.17, 15) is 18.0 Å². The molecule has 0 radical (unpaired) electrons. The third kappa shape index (κ3) is 2.89. The smallest absolute Gasteiger partial charge is 0.311 e. The lowest BCUT2D eigenvalue weighted by Gasteiger charge is -2.17. The highest BCUT2D eigenvalue weighted by molar-refractivity contribution is 7.18. The summed E-state index contributed by atoms with van der Waals surface area (Å²) in [5, 5.41) is 0.691. The molecule has 3 aromatic rings. The van der Waals surface area contributed by atoms with Crippen LogP contribution in [0.1, 0.15) is 35.4 Å². The van der Waals surface area contributed by atoms with Crippen molar-refractivity contribution in [3.8, 4) is 0 Å². The van der Waals surface area contributed by atoms with Crippen LogP contribution in [-0.2, 0) is 22.8 Å². The molecule has 144 valence electrons. The van der Waals surface area contributed by atoms with Gasteiger partial charge in [0.2, 0.25) is 5.91 Å². The Labute approximate surface area is 163 Å². The first-order chi connectivity index (χ1) is 13.4. The maximum Gasteiger partial charge on any atom is 0.416 e. The molecule has 1 aliphatic carbocycles. The minimum absolute atomic E-state index is 0.0476. The van der Waals surface area contributed by atoms with Gasteiger partial charge in [0.25, 0.3) is 0 Å². The van der Waals surface area contributed by atoms with Crippen molar-refractivity contribution in [2.75, 3.05) is 11.4 Å². The number of aryl methyl sites for hydroxylation is 1. The molecule has 1 spiro atoms. The number of halogens is 3. The van der Waals surface area contributed by atoms with Crippen molar-refractivity contribution in [1.82, 2.24) is 4.98 Å². The fourth-order valence-corrected chi connectivity index (χ4v) is 4.99. The number of nitrogens with zero attached hydrogens (tertiary/aromatic N) is 2. The number of carbonyl (C=O) groups excluding carboxylic acids is 1. The summed E-state index contributed by atoms with van der Waals surface area (Å²) in [7, 11) is 0. The van der Waals surface area contributed by atoms with Crippen LogP contribution in [-0.4, -0.2) is 17.4 Å². The fourth-order valence-electron chi connectivity index (χ4n) is 4.04. The third-order valence-electron chi connectivity index (χ3n) is 5.69. The zero-order chi connectivity index (χ0) is 19.5. The standard InChI is InChI=1S/C21H17F3N2OS/c22-21(23,24)13-5-6-17-15(11-13)25-18(28-17)7-8-19(27)26-12-20(9-10-20)14-3-1-2-4-16(14)26/h1-6,11H,7-10,12H2. The molecule has 2 aliphatic rings. The second kappa shape index (κ2) is 6.04. The molecular weight excluding hydrogens is 385 g/mol. The lowest BCUT2D eigenvalue weighted by molar-refractivity contribution is -0.137. The van der Waals surface area contributed by atoms with Crippen LogP contribution in [0.3, 0.4) is 0 Å². The van der Waals surface area contributed by atoms with E-state index in [4.69, 9.17) is 0 Å². The summed E-state index contributed by atoms with van der Waals surface area (Å²) >= 11 is 1.35. The average molecular weight is 402 g/mol. The van der Waals surface area contributed by atoms with E-state index >= 15 is 0 Å². The SMILES string of the molecule is O=C(CCc1nc2cc(C(F)(F)F)ccc2s1)N1CC2(CC2)c2ccccc21. The predicted molar refractivity (Wildman–Crippen MR) is 103 cm³/mol. The maximum atomic E-state index is 12.9. The quantitative estimate of drug-likeness (QED) is 0.594. The Morgan fingerprint density at radius 3 is 2.71 bits per heavy atom. The van der Waals surface area contributed by atoms with Crippen molar-refractivity contribution in [1.29, 1.82) is 0 Å². The molecule has 0 atom stereocenters. The molecular formula is C21H17F3N2OS. The van der Waals surface area contributed by atoms with E-state index in [1.165, 1.54) is 23.0 Å². The van der Waals surface area contributed by atoms with Gasteiger partial charge in [-0.1, -0.05) is 18.2 Å². The first kappa shape index (κ1) is 17.7. The third-order valence-corrected chi connectivity index (χ3v) is 6.79. The number of hydrogen-bond acceptors (Lipinski definition) is 3. The van der Waals surface area contributed by atoms with E-state index < -0.39 is 11.7 Å². The molecule has 1 aliphatic heterocycles. The van der Waals surface area contributed by atoms with Gasteiger partial charge in [0.1, 0.15) is 0 Å². The number of alkyl halides is 3. The van der Waals surface area contributed by atoms with Gasteiger partial charge in [0, 0.05) is 30.5 Å². The van der Waals surface area contributed by atoms with E-state index in [0.29, 0.717) is 28.1 Å². The van der Waals surface area contributed by atoms with Gasteiger partial charge in [-0.15, -0.1) is 11.3 Å². The summed E-state index contributed by atoms with van der Waals surface area (Å²) in [5.74, 6) is 0.0476. The molecule has 1 amide bonds. The highest BCUT2D eigenvalue weighted by Crippen LogP contribution is 2.56. The van der Waals surface area contributed by atoms with Crippen LogP contribution >= 0.6 is 11.3 Å². The molecule has 2 aromatic carbocycles. The largest absolute Gasteiger partial charge is 0.416 e. The highest BCUT2D eigenvalue weighted by Gasteiger charge is 2.52. The lowest BCUT2D eigenvalue weighted by Crippen LogP contribution is -2.31. The van der Waals surface area contributed by atoms with Gasteiger partial charge in [-0.2, -0.15) is 13.2 Å². The Morgan fingerprint density at radius 2 is 1.96 bits per heavy atom. The van der Waals surface area contributed by atoms with Crippen LogP contribution in [0.5, 0.6) is 0 Å². The second-order valence-electron chi connectivity index (χ2n) is 7.57. The van der Waals surface area contributed by atoms with Gasteiger partial charge in [0.15, 0.2) is 0 Å². The van der Waals surface area contributed by atoms with Crippen LogP contribution in [0.25, 0.3) is 10.2 Å². The van der Waals surface area contributed by atoms with E-state index in [0.717, 1.165) is 37.2 Å².